The highest BCUT2D eigenvalue weighted by molar-refractivity contribution is 14.0. The fraction of sp³-hybridized carbons (Fsp3) is 0.542. The summed E-state index contributed by atoms with van der Waals surface area (Å²) in [6, 6.07) is 13.0. The molecule has 0 bridgehead atoms. The molecule has 1 aliphatic heterocycles. The topological polar surface area (TPSA) is 52.1 Å². The smallest absolute Gasteiger partial charge is 0.191 e. The SMILES string of the molecule is CCN(CC)CCOc1ccccc1CNC(=NC)NC1CCN(c2cccs2)CC1.I. The van der Waals surface area contributed by atoms with Gasteiger partial charge in [-0.15, -0.1) is 35.3 Å². The Morgan fingerprint density at radius 1 is 1.16 bits per heavy atom. The van der Waals surface area contributed by atoms with Gasteiger partial charge in [-0.2, -0.15) is 0 Å². The molecule has 2 N–H and O–H groups in total. The van der Waals surface area contributed by atoms with Gasteiger partial charge in [-0.05, 0) is 49.5 Å². The number of halogens is 1. The lowest BCUT2D eigenvalue weighted by atomic mass is 10.1. The van der Waals surface area contributed by atoms with E-state index in [0.717, 1.165) is 62.8 Å². The van der Waals surface area contributed by atoms with E-state index in [-0.39, 0.29) is 24.0 Å². The van der Waals surface area contributed by atoms with Crippen LogP contribution in [0.25, 0.3) is 0 Å². The predicted octanol–water partition coefficient (Wildman–Crippen LogP) is 4.42. The van der Waals surface area contributed by atoms with Gasteiger partial charge in [-0.25, -0.2) is 0 Å². The summed E-state index contributed by atoms with van der Waals surface area (Å²) in [6.07, 6.45) is 2.23. The largest absolute Gasteiger partial charge is 0.492 e. The zero-order valence-electron chi connectivity index (χ0n) is 19.5. The van der Waals surface area contributed by atoms with E-state index in [4.69, 9.17) is 4.74 Å². The molecule has 1 saturated heterocycles. The van der Waals surface area contributed by atoms with Gasteiger partial charge in [0.25, 0.3) is 0 Å². The molecule has 1 aromatic carbocycles. The van der Waals surface area contributed by atoms with Crippen molar-refractivity contribution in [2.75, 3.05) is 51.3 Å². The zero-order chi connectivity index (χ0) is 21.9. The number of piperidine rings is 1. The Balaban J connectivity index is 0.00000363. The van der Waals surface area contributed by atoms with Gasteiger partial charge in [0.15, 0.2) is 5.96 Å². The van der Waals surface area contributed by atoms with Crippen molar-refractivity contribution in [3.63, 3.8) is 0 Å². The summed E-state index contributed by atoms with van der Waals surface area (Å²) in [5.41, 5.74) is 1.15. The van der Waals surface area contributed by atoms with Crippen molar-refractivity contribution < 1.29 is 4.74 Å². The number of thiophene rings is 1. The lowest BCUT2D eigenvalue weighted by Crippen LogP contribution is -2.48. The molecule has 1 aliphatic rings. The molecular weight excluding hydrogens is 533 g/mol. The Morgan fingerprint density at radius 2 is 1.91 bits per heavy atom. The van der Waals surface area contributed by atoms with Crippen LogP contribution in [0.2, 0.25) is 0 Å². The second-order valence-corrected chi connectivity index (χ2v) is 8.69. The standard InChI is InChI=1S/C24H37N5OS.HI/c1-4-28(5-2)16-17-30-22-10-7-6-9-20(22)19-26-24(25-3)27-21-12-14-29(15-13-21)23-11-8-18-31-23;/h6-11,18,21H,4-5,12-17,19H2,1-3H3,(H2,25,26,27);1H. The highest BCUT2D eigenvalue weighted by Gasteiger charge is 2.20. The first-order valence-corrected chi connectivity index (χ1v) is 12.3. The fourth-order valence-corrected chi connectivity index (χ4v) is 4.66. The number of nitrogens with zero attached hydrogens (tertiary/aromatic N) is 3. The van der Waals surface area contributed by atoms with E-state index in [1.807, 2.05) is 24.5 Å². The van der Waals surface area contributed by atoms with E-state index < -0.39 is 0 Å². The molecule has 178 valence electrons. The normalized spacial score (nSPS) is 14.9. The number of likely N-dealkylation sites (N-methyl/N-ethyl adjacent to an activating group) is 1. The van der Waals surface area contributed by atoms with Crippen LogP contribution in [0.5, 0.6) is 5.75 Å². The van der Waals surface area contributed by atoms with Crippen LogP contribution >= 0.6 is 35.3 Å². The first-order valence-electron chi connectivity index (χ1n) is 11.4. The van der Waals surface area contributed by atoms with Crippen molar-refractivity contribution in [2.24, 2.45) is 4.99 Å². The summed E-state index contributed by atoms with van der Waals surface area (Å²) in [7, 11) is 1.84. The quantitative estimate of drug-likeness (QED) is 0.251. The average Bonchev–Trinajstić information content (AvgIpc) is 3.35. The van der Waals surface area contributed by atoms with Crippen LogP contribution in [0.4, 0.5) is 5.00 Å². The lowest BCUT2D eigenvalue weighted by molar-refractivity contribution is 0.221. The number of anilines is 1. The minimum atomic E-state index is 0. The van der Waals surface area contributed by atoms with Crippen LogP contribution in [0.15, 0.2) is 46.8 Å². The highest BCUT2D eigenvalue weighted by atomic mass is 127. The van der Waals surface area contributed by atoms with Crippen LogP contribution in [0.1, 0.15) is 32.3 Å². The molecule has 2 heterocycles. The molecule has 0 atom stereocenters. The van der Waals surface area contributed by atoms with E-state index in [1.165, 1.54) is 5.00 Å². The minimum absolute atomic E-state index is 0. The van der Waals surface area contributed by atoms with Crippen LogP contribution in [-0.2, 0) is 6.54 Å². The first-order chi connectivity index (χ1) is 15.2. The number of rotatable bonds is 10. The van der Waals surface area contributed by atoms with Crippen molar-refractivity contribution in [3.05, 3.63) is 47.3 Å². The third kappa shape index (κ3) is 8.12. The van der Waals surface area contributed by atoms with Gasteiger partial charge in [0, 0.05) is 44.8 Å². The molecule has 0 radical (unpaired) electrons. The van der Waals surface area contributed by atoms with Gasteiger partial charge in [0.2, 0.25) is 0 Å². The molecule has 0 unspecified atom stereocenters. The second-order valence-electron chi connectivity index (χ2n) is 7.77. The third-order valence-electron chi connectivity index (χ3n) is 5.86. The van der Waals surface area contributed by atoms with E-state index in [1.54, 1.807) is 0 Å². The number of benzene rings is 1. The zero-order valence-corrected chi connectivity index (χ0v) is 22.7. The number of aliphatic imine (C=N–C) groups is 1. The molecule has 1 fully saturated rings. The number of hydrogen-bond donors (Lipinski definition) is 2. The predicted molar refractivity (Wildman–Crippen MR) is 148 cm³/mol. The van der Waals surface area contributed by atoms with Gasteiger partial charge in [-0.1, -0.05) is 32.0 Å². The molecule has 8 heteroatoms. The molecule has 0 amide bonds. The van der Waals surface area contributed by atoms with Gasteiger partial charge in [0.05, 0.1) is 5.00 Å². The van der Waals surface area contributed by atoms with E-state index in [0.29, 0.717) is 19.2 Å². The van der Waals surface area contributed by atoms with Crippen molar-refractivity contribution in [2.45, 2.75) is 39.3 Å². The van der Waals surface area contributed by atoms with E-state index >= 15 is 0 Å². The molecule has 0 spiro atoms. The number of hydrogen-bond acceptors (Lipinski definition) is 5. The summed E-state index contributed by atoms with van der Waals surface area (Å²) in [6.45, 7) is 11.0. The summed E-state index contributed by atoms with van der Waals surface area (Å²) in [4.78, 5) is 9.29. The molecule has 3 rings (SSSR count). The Kier molecular flexibility index (Phi) is 12.2. The Bertz CT molecular complexity index is 789. The summed E-state index contributed by atoms with van der Waals surface area (Å²) >= 11 is 1.82. The third-order valence-corrected chi connectivity index (χ3v) is 6.78. The van der Waals surface area contributed by atoms with Gasteiger partial charge >= 0.3 is 0 Å². The maximum Gasteiger partial charge on any atom is 0.191 e. The summed E-state index contributed by atoms with van der Waals surface area (Å²) in [5.74, 6) is 1.80. The van der Waals surface area contributed by atoms with Crippen molar-refractivity contribution in [1.82, 2.24) is 15.5 Å². The average molecular weight is 572 g/mol. The number of ether oxygens (including phenoxy) is 1. The Labute approximate surface area is 214 Å². The van der Waals surface area contributed by atoms with Crippen LogP contribution < -0.4 is 20.3 Å². The minimum Gasteiger partial charge on any atom is -0.492 e. The summed E-state index contributed by atoms with van der Waals surface area (Å²) < 4.78 is 6.09. The van der Waals surface area contributed by atoms with Crippen molar-refractivity contribution in [1.29, 1.82) is 0 Å². The molecule has 2 aromatic rings. The van der Waals surface area contributed by atoms with Crippen LogP contribution in [0.3, 0.4) is 0 Å². The Hall–Kier alpha value is -1.52. The van der Waals surface area contributed by atoms with Gasteiger partial charge < -0.3 is 25.2 Å². The number of para-hydroxylation sites is 1. The molecular formula is C24H38IN5OS. The second kappa shape index (κ2) is 14.6. The summed E-state index contributed by atoms with van der Waals surface area (Å²) in [5, 5.41) is 10.6. The maximum absolute atomic E-state index is 6.09. The molecule has 0 saturated carbocycles. The molecule has 1 aromatic heterocycles. The fourth-order valence-electron chi connectivity index (χ4n) is 3.88. The number of nitrogens with one attached hydrogen (secondary N) is 2. The van der Waals surface area contributed by atoms with E-state index in [2.05, 4.69) is 75.0 Å². The lowest BCUT2D eigenvalue weighted by Gasteiger charge is -2.33. The highest BCUT2D eigenvalue weighted by Crippen LogP contribution is 2.24. The van der Waals surface area contributed by atoms with Crippen molar-refractivity contribution in [3.8, 4) is 5.75 Å². The molecule has 0 aliphatic carbocycles. The van der Waals surface area contributed by atoms with Crippen LogP contribution in [-0.4, -0.2) is 63.3 Å². The van der Waals surface area contributed by atoms with Crippen molar-refractivity contribution >= 4 is 46.3 Å². The van der Waals surface area contributed by atoms with E-state index in [9.17, 15) is 0 Å². The van der Waals surface area contributed by atoms with Gasteiger partial charge in [0.1, 0.15) is 12.4 Å². The molecule has 6 nitrogen and oxygen atoms in total. The van der Waals surface area contributed by atoms with Crippen LogP contribution in [0, 0.1) is 0 Å². The maximum atomic E-state index is 6.09. The molecule has 32 heavy (non-hydrogen) atoms. The Morgan fingerprint density at radius 3 is 2.56 bits per heavy atom. The van der Waals surface area contributed by atoms with Gasteiger partial charge in [-0.3, -0.25) is 4.99 Å². The number of guanidine groups is 1. The first kappa shape index (κ1) is 26.7. The monoisotopic (exact) mass is 571 g/mol.